The van der Waals surface area contributed by atoms with Crippen molar-refractivity contribution in [3.8, 4) is 5.75 Å². The maximum Gasteiger partial charge on any atom is 0.124 e. The molecule has 0 aromatic heterocycles. The Morgan fingerprint density at radius 1 is 1.56 bits per heavy atom. The smallest absolute Gasteiger partial charge is 0.124 e. The van der Waals surface area contributed by atoms with E-state index in [1.165, 1.54) is 12.1 Å². The fourth-order valence-electron chi connectivity index (χ4n) is 2.12. The highest BCUT2D eigenvalue weighted by atomic mass is 19.1. The van der Waals surface area contributed by atoms with Crippen LogP contribution in [0.4, 0.5) is 4.39 Å². The third kappa shape index (κ3) is 2.05. The minimum atomic E-state index is -0.250. The molecular formula is C13H18FNO. The normalized spacial score (nSPS) is 25.8. The lowest BCUT2D eigenvalue weighted by Gasteiger charge is -2.33. The lowest BCUT2D eigenvalue weighted by molar-refractivity contribution is 0.105. The minimum Gasteiger partial charge on any atom is -0.490 e. The fourth-order valence-corrected chi connectivity index (χ4v) is 2.12. The summed E-state index contributed by atoms with van der Waals surface area (Å²) in [6.07, 6.45) is 1.98. The number of hydrogen-bond acceptors (Lipinski definition) is 2. The molecule has 0 bridgehead atoms. The molecule has 0 fully saturated rings. The van der Waals surface area contributed by atoms with Gasteiger partial charge in [-0.15, -0.1) is 0 Å². The topological polar surface area (TPSA) is 35.2 Å². The predicted octanol–water partition coefficient (Wildman–Crippen LogP) is 3.02. The summed E-state index contributed by atoms with van der Waals surface area (Å²) in [5.41, 5.74) is 6.84. The quantitative estimate of drug-likeness (QED) is 0.836. The zero-order valence-corrected chi connectivity index (χ0v) is 9.74. The minimum absolute atomic E-state index is 0.113. The highest BCUT2D eigenvalue weighted by Crippen LogP contribution is 2.36. The van der Waals surface area contributed by atoms with E-state index in [9.17, 15) is 4.39 Å². The molecule has 88 valence electrons. The number of ether oxygens (including phenoxy) is 1. The van der Waals surface area contributed by atoms with Crippen LogP contribution >= 0.6 is 0 Å². The molecule has 16 heavy (non-hydrogen) atoms. The van der Waals surface area contributed by atoms with Crippen molar-refractivity contribution < 1.29 is 9.13 Å². The second kappa shape index (κ2) is 4.42. The van der Waals surface area contributed by atoms with E-state index >= 15 is 0 Å². The van der Waals surface area contributed by atoms with Crippen molar-refractivity contribution in [3.05, 3.63) is 29.6 Å². The highest BCUT2D eigenvalue weighted by Gasteiger charge is 2.29. The lowest BCUT2D eigenvalue weighted by Crippen LogP contribution is -2.34. The van der Waals surface area contributed by atoms with Gasteiger partial charge in [0.2, 0.25) is 0 Å². The molecule has 0 saturated carbocycles. The molecule has 2 rings (SSSR count). The average molecular weight is 223 g/mol. The molecule has 2 unspecified atom stereocenters. The number of hydrogen-bond donors (Lipinski definition) is 1. The van der Waals surface area contributed by atoms with E-state index in [2.05, 4.69) is 13.8 Å². The van der Waals surface area contributed by atoms with Crippen LogP contribution in [0.3, 0.4) is 0 Å². The van der Waals surface area contributed by atoms with Crippen molar-refractivity contribution in [3.63, 3.8) is 0 Å². The summed E-state index contributed by atoms with van der Waals surface area (Å²) in [7, 11) is 0. The van der Waals surface area contributed by atoms with Crippen LogP contribution in [0.1, 0.15) is 38.3 Å². The Balaban J connectivity index is 2.26. The molecule has 0 radical (unpaired) electrons. The van der Waals surface area contributed by atoms with E-state index in [0.29, 0.717) is 5.92 Å². The molecule has 3 atom stereocenters. The summed E-state index contributed by atoms with van der Waals surface area (Å²) in [6, 6.07) is 4.47. The third-order valence-corrected chi connectivity index (χ3v) is 3.41. The van der Waals surface area contributed by atoms with Gasteiger partial charge in [-0.25, -0.2) is 4.39 Å². The van der Waals surface area contributed by atoms with E-state index in [1.54, 1.807) is 6.07 Å². The maximum absolute atomic E-state index is 13.1. The molecule has 1 heterocycles. The zero-order valence-electron chi connectivity index (χ0n) is 9.74. The molecular weight excluding hydrogens is 205 g/mol. The third-order valence-electron chi connectivity index (χ3n) is 3.41. The van der Waals surface area contributed by atoms with Crippen LogP contribution in [0.5, 0.6) is 5.75 Å². The van der Waals surface area contributed by atoms with Crippen LogP contribution in [-0.2, 0) is 0 Å². The molecule has 0 amide bonds. The van der Waals surface area contributed by atoms with Crippen molar-refractivity contribution >= 4 is 0 Å². The van der Waals surface area contributed by atoms with Crippen LogP contribution in [0, 0.1) is 11.7 Å². The Hall–Kier alpha value is -1.09. The predicted molar refractivity (Wildman–Crippen MR) is 61.8 cm³/mol. The summed E-state index contributed by atoms with van der Waals surface area (Å²) in [6.45, 7) is 4.30. The van der Waals surface area contributed by atoms with E-state index in [1.807, 2.05) is 0 Å². The summed E-state index contributed by atoms with van der Waals surface area (Å²) >= 11 is 0. The van der Waals surface area contributed by atoms with E-state index in [4.69, 9.17) is 10.5 Å². The Morgan fingerprint density at radius 3 is 3.00 bits per heavy atom. The Labute approximate surface area is 95.6 Å². The van der Waals surface area contributed by atoms with Crippen molar-refractivity contribution in [1.29, 1.82) is 0 Å². The van der Waals surface area contributed by atoms with E-state index in [0.717, 1.165) is 24.2 Å². The number of rotatable bonds is 2. The van der Waals surface area contributed by atoms with Crippen LogP contribution in [0.2, 0.25) is 0 Å². The van der Waals surface area contributed by atoms with Crippen LogP contribution in [0.25, 0.3) is 0 Å². The maximum atomic E-state index is 13.1. The molecule has 1 aromatic rings. The van der Waals surface area contributed by atoms with Gasteiger partial charge in [0, 0.05) is 18.0 Å². The standard InChI is InChI=1S/C13H18FNO/c1-3-8(2)13-7-11(15)10-6-9(14)4-5-12(10)16-13/h4-6,8,11,13H,3,7,15H2,1-2H3/t8?,11-,13?/m0/s1. The summed E-state index contributed by atoms with van der Waals surface area (Å²) in [5.74, 6) is 0.967. The number of fused-ring (bicyclic) bond motifs is 1. The lowest BCUT2D eigenvalue weighted by atomic mass is 9.90. The number of nitrogens with two attached hydrogens (primary N) is 1. The first kappa shape index (κ1) is 11.4. The van der Waals surface area contributed by atoms with E-state index in [-0.39, 0.29) is 18.0 Å². The van der Waals surface area contributed by atoms with Gasteiger partial charge >= 0.3 is 0 Å². The van der Waals surface area contributed by atoms with Crippen LogP contribution < -0.4 is 10.5 Å². The molecule has 0 saturated heterocycles. The summed E-state index contributed by atoms with van der Waals surface area (Å²) < 4.78 is 18.9. The molecule has 2 nitrogen and oxygen atoms in total. The van der Waals surface area contributed by atoms with Crippen molar-refractivity contribution in [2.75, 3.05) is 0 Å². The SMILES string of the molecule is CCC(C)C1C[C@H](N)c2cc(F)ccc2O1. The first-order valence-electron chi connectivity index (χ1n) is 5.83. The number of halogens is 1. The summed E-state index contributed by atoms with van der Waals surface area (Å²) in [4.78, 5) is 0. The zero-order chi connectivity index (χ0) is 11.7. The molecule has 0 aliphatic carbocycles. The van der Waals surface area contributed by atoms with Gasteiger partial charge in [0.25, 0.3) is 0 Å². The van der Waals surface area contributed by atoms with Gasteiger partial charge in [0.1, 0.15) is 17.7 Å². The Bertz CT molecular complexity index is 380. The van der Waals surface area contributed by atoms with Gasteiger partial charge in [0.05, 0.1) is 0 Å². The van der Waals surface area contributed by atoms with Gasteiger partial charge in [0.15, 0.2) is 0 Å². The largest absolute Gasteiger partial charge is 0.490 e. The van der Waals surface area contributed by atoms with Gasteiger partial charge in [-0.2, -0.15) is 0 Å². The van der Waals surface area contributed by atoms with Gasteiger partial charge in [-0.3, -0.25) is 0 Å². The molecule has 1 aromatic carbocycles. The van der Waals surface area contributed by atoms with Gasteiger partial charge < -0.3 is 10.5 Å². The van der Waals surface area contributed by atoms with E-state index < -0.39 is 0 Å². The average Bonchev–Trinajstić information content (AvgIpc) is 2.28. The second-order valence-electron chi connectivity index (χ2n) is 4.57. The molecule has 0 spiro atoms. The molecule has 1 aliphatic heterocycles. The van der Waals surface area contributed by atoms with Gasteiger partial charge in [-0.05, 0) is 24.1 Å². The van der Waals surface area contributed by atoms with Crippen LogP contribution in [0.15, 0.2) is 18.2 Å². The molecule has 2 N–H and O–H groups in total. The van der Waals surface area contributed by atoms with Crippen molar-refractivity contribution in [1.82, 2.24) is 0 Å². The van der Waals surface area contributed by atoms with Gasteiger partial charge in [-0.1, -0.05) is 20.3 Å². The first-order valence-corrected chi connectivity index (χ1v) is 5.83. The molecule has 1 aliphatic rings. The monoisotopic (exact) mass is 223 g/mol. The Morgan fingerprint density at radius 2 is 2.31 bits per heavy atom. The molecule has 3 heteroatoms. The van der Waals surface area contributed by atoms with Crippen LogP contribution in [-0.4, -0.2) is 6.10 Å². The second-order valence-corrected chi connectivity index (χ2v) is 4.57. The van der Waals surface area contributed by atoms with Crippen molar-refractivity contribution in [2.45, 2.75) is 38.8 Å². The summed E-state index contributed by atoms with van der Waals surface area (Å²) in [5, 5.41) is 0. The highest BCUT2D eigenvalue weighted by molar-refractivity contribution is 5.38. The Kier molecular flexibility index (Phi) is 3.15. The fraction of sp³-hybridized carbons (Fsp3) is 0.538. The van der Waals surface area contributed by atoms with Crippen molar-refractivity contribution in [2.24, 2.45) is 11.7 Å². The first-order chi connectivity index (χ1) is 7.61. The number of benzene rings is 1.